The number of ether oxygens (including phenoxy) is 1. The van der Waals surface area contributed by atoms with Crippen molar-refractivity contribution in [3.63, 3.8) is 0 Å². The number of nitrogens with one attached hydrogen (secondary N) is 1. The summed E-state index contributed by atoms with van der Waals surface area (Å²) in [4.78, 5) is 3.28. The molecule has 0 amide bonds. The van der Waals surface area contributed by atoms with Crippen LogP contribution in [-0.2, 0) is 5.54 Å². The molecule has 1 aromatic carbocycles. The monoisotopic (exact) mass is 216 g/mol. The van der Waals surface area contributed by atoms with Gasteiger partial charge in [0.15, 0.2) is 0 Å². The number of H-pyrrole nitrogens is 1. The smallest absolute Gasteiger partial charge is 0.143 e. The van der Waals surface area contributed by atoms with Crippen molar-refractivity contribution in [2.75, 3.05) is 7.11 Å². The number of hydrogen-bond donors (Lipinski definition) is 2. The zero-order valence-corrected chi connectivity index (χ0v) is 9.63. The predicted octanol–water partition coefficient (Wildman–Crippen LogP) is 2.43. The highest BCUT2D eigenvalue weighted by molar-refractivity contribution is 5.90. The fourth-order valence-electron chi connectivity index (χ4n) is 2.31. The van der Waals surface area contributed by atoms with E-state index in [9.17, 15) is 0 Å². The van der Waals surface area contributed by atoms with Gasteiger partial charge in [-0.1, -0.05) is 0 Å². The van der Waals surface area contributed by atoms with Crippen molar-refractivity contribution >= 4 is 10.9 Å². The predicted molar refractivity (Wildman–Crippen MR) is 64.7 cm³/mol. The van der Waals surface area contributed by atoms with Gasteiger partial charge in [-0.3, -0.25) is 0 Å². The molecule has 3 heteroatoms. The van der Waals surface area contributed by atoms with Gasteiger partial charge in [0.2, 0.25) is 0 Å². The molecule has 16 heavy (non-hydrogen) atoms. The first kappa shape index (κ1) is 9.73. The van der Waals surface area contributed by atoms with Crippen LogP contribution in [0, 0.1) is 6.92 Å². The summed E-state index contributed by atoms with van der Waals surface area (Å²) in [5.41, 5.74) is 9.64. The highest BCUT2D eigenvalue weighted by atomic mass is 16.5. The minimum absolute atomic E-state index is 0.100. The summed E-state index contributed by atoms with van der Waals surface area (Å²) >= 11 is 0. The molecule has 1 saturated carbocycles. The minimum atomic E-state index is -0.100. The molecule has 0 aliphatic heterocycles. The maximum Gasteiger partial charge on any atom is 0.143 e. The Morgan fingerprint density at radius 1 is 1.38 bits per heavy atom. The van der Waals surface area contributed by atoms with Gasteiger partial charge in [0.25, 0.3) is 0 Å². The third kappa shape index (κ3) is 1.25. The van der Waals surface area contributed by atoms with E-state index < -0.39 is 0 Å². The van der Waals surface area contributed by atoms with E-state index in [-0.39, 0.29) is 5.54 Å². The fraction of sp³-hybridized carbons (Fsp3) is 0.385. The number of aryl methyl sites for hydroxylation is 1. The van der Waals surface area contributed by atoms with Gasteiger partial charge in [0, 0.05) is 17.1 Å². The zero-order valence-electron chi connectivity index (χ0n) is 9.63. The molecule has 0 spiro atoms. The highest BCUT2D eigenvalue weighted by Gasteiger charge is 2.41. The Morgan fingerprint density at radius 2 is 2.12 bits per heavy atom. The molecule has 2 aromatic rings. The molecule has 84 valence electrons. The number of fused-ring (bicyclic) bond motifs is 1. The lowest BCUT2D eigenvalue weighted by atomic mass is 10.0. The molecule has 0 radical (unpaired) electrons. The Hall–Kier alpha value is -1.48. The quantitative estimate of drug-likeness (QED) is 0.810. The Morgan fingerprint density at radius 3 is 2.75 bits per heavy atom. The molecular formula is C13H16N2O. The number of rotatable bonds is 2. The van der Waals surface area contributed by atoms with Gasteiger partial charge in [0.1, 0.15) is 5.75 Å². The Kier molecular flexibility index (Phi) is 1.83. The summed E-state index contributed by atoms with van der Waals surface area (Å²) in [5, 5.41) is 1.21. The zero-order chi connectivity index (χ0) is 11.3. The van der Waals surface area contributed by atoms with Crippen LogP contribution in [0.5, 0.6) is 5.75 Å². The topological polar surface area (TPSA) is 51.0 Å². The van der Waals surface area contributed by atoms with Gasteiger partial charge < -0.3 is 15.5 Å². The molecule has 0 bridgehead atoms. The molecule has 1 aromatic heterocycles. The normalized spacial score (nSPS) is 17.7. The van der Waals surface area contributed by atoms with Crippen LogP contribution in [0.25, 0.3) is 10.9 Å². The average molecular weight is 216 g/mol. The average Bonchev–Trinajstić information content (AvgIpc) is 2.86. The molecule has 0 saturated heterocycles. The van der Waals surface area contributed by atoms with Gasteiger partial charge >= 0.3 is 0 Å². The Bertz CT molecular complexity index is 552. The largest absolute Gasteiger partial charge is 0.495 e. The second-order valence-electron chi connectivity index (χ2n) is 4.75. The van der Waals surface area contributed by atoms with Crippen LogP contribution in [0.15, 0.2) is 18.3 Å². The molecule has 0 atom stereocenters. The van der Waals surface area contributed by atoms with Crippen molar-refractivity contribution in [2.45, 2.75) is 25.3 Å². The van der Waals surface area contributed by atoms with Crippen LogP contribution < -0.4 is 10.5 Å². The minimum Gasteiger partial charge on any atom is -0.495 e. The van der Waals surface area contributed by atoms with Crippen LogP contribution >= 0.6 is 0 Å². The third-order valence-electron chi connectivity index (χ3n) is 3.44. The number of methoxy groups -OCH3 is 1. The van der Waals surface area contributed by atoms with Crippen molar-refractivity contribution in [1.82, 2.24) is 4.98 Å². The lowest BCUT2D eigenvalue weighted by Crippen LogP contribution is -2.17. The summed E-state index contributed by atoms with van der Waals surface area (Å²) < 4.78 is 5.38. The second kappa shape index (κ2) is 3.01. The first-order valence-corrected chi connectivity index (χ1v) is 5.59. The van der Waals surface area contributed by atoms with Crippen LogP contribution in [-0.4, -0.2) is 12.1 Å². The first-order chi connectivity index (χ1) is 7.64. The Labute approximate surface area is 94.6 Å². The van der Waals surface area contributed by atoms with Gasteiger partial charge in [-0.15, -0.1) is 0 Å². The van der Waals surface area contributed by atoms with E-state index in [0.29, 0.717) is 0 Å². The molecule has 1 heterocycles. The van der Waals surface area contributed by atoms with Gasteiger partial charge in [-0.05, 0) is 43.0 Å². The van der Waals surface area contributed by atoms with E-state index in [1.54, 1.807) is 7.11 Å². The van der Waals surface area contributed by atoms with Crippen molar-refractivity contribution in [2.24, 2.45) is 5.73 Å². The molecule has 1 fully saturated rings. The first-order valence-electron chi connectivity index (χ1n) is 5.59. The lowest BCUT2D eigenvalue weighted by molar-refractivity contribution is 0.418. The fourth-order valence-corrected chi connectivity index (χ4v) is 2.31. The summed E-state index contributed by atoms with van der Waals surface area (Å²) in [6.45, 7) is 2.08. The highest BCUT2D eigenvalue weighted by Crippen LogP contribution is 2.46. The Balaban J connectivity index is 2.29. The number of aromatic amines is 1. The van der Waals surface area contributed by atoms with Gasteiger partial charge in [0.05, 0.1) is 12.6 Å². The molecule has 3 rings (SSSR count). The number of nitrogens with two attached hydrogens (primary N) is 1. The number of hydrogen-bond acceptors (Lipinski definition) is 2. The summed E-state index contributed by atoms with van der Waals surface area (Å²) in [6.07, 6.45) is 4.19. The number of aromatic nitrogens is 1. The molecular weight excluding hydrogens is 200 g/mol. The van der Waals surface area contributed by atoms with E-state index in [1.165, 1.54) is 16.5 Å². The van der Waals surface area contributed by atoms with E-state index >= 15 is 0 Å². The standard InChI is InChI=1S/C13H16N2O/c1-8-5-9-10(13(14)3-4-13)7-15-12(9)11(6-8)16-2/h5-7,15H,3-4,14H2,1-2H3. The summed E-state index contributed by atoms with van der Waals surface area (Å²) in [5.74, 6) is 0.894. The summed E-state index contributed by atoms with van der Waals surface area (Å²) in [7, 11) is 1.70. The summed E-state index contributed by atoms with van der Waals surface area (Å²) in [6, 6.07) is 4.22. The van der Waals surface area contributed by atoms with Crippen LogP contribution in [0.3, 0.4) is 0 Å². The number of benzene rings is 1. The second-order valence-corrected chi connectivity index (χ2v) is 4.75. The third-order valence-corrected chi connectivity index (χ3v) is 3.44. The van der Waals surface area contributed by atoms with Crippen molar-refractivity contribution < 1.29 is 4.74 Å². The SMILES string of the molecule is COc1cc(C)cc2c(C3(N)CC3)c[nH]c12. The van der Waals surface area contributed by atoms with Crippen molar-refractivity contribution in [3.8, 4) is 5.75 Å². The van der Waals surface area contributed by atoms with E-state index in [4.69, 9.17) is 10.5 Å². The van der Waals surface area contributed by atoms with Crippen LogP contribution in [0.2, 0.25) is 0 Å². The van der Waals surface area contributed by atoms with E-state index in [0.717, 1.165) is 24.1 Å². The maximum absolute atomic E-state index is 6.26. The van der Waals surface area contributed by atoms with Gasteiger partial charge in [-0.25, -0.2) is 0 Å². The van der Waals surface area contributed by atoms with Gasteiger partial charge in [-0.2, -0.15) is 0 Å². The van der Waals surface area contributed by atoms with Crippen LogP contribution in [0.1, 0.15) is 24.0 Å². The molecule has 1 aliphatic rings. The molecule has 3 N–H and O–H groups in total. The molecule has 1 aliphatic carbocycles. The van der Waals surface area contributed by atoms with Crippen LogP contribution in [0.4, 0.5) is 0 Å². The van der Waals surface area contributed by atoms with Crippen molar-refractivity contribution in [3.05, 3.63) is 29.5 Å². The molecule has 0 unspecified atom stereocenters. The lowest BCUT2D eigenvalue weighted by Gasteiger charge is -2.08. The maximum atomic E-state index is 6.26. The van der Waals surface area contributed by atoms with Crippen molar-refractivity contribution in [1.29, 1.82) is 0 Å². The van der Waals surface area contributed by atoms with E-state index in [2.05, 4.69) is 18.0 Å². The molecule has 3 nitrogen and oxygen atoms in total. The van der Waals surface area contributed by atoms with E-state index in [1.807, 2.05) is 12.3 Å².